The number of benzene rings is 4. The predicted molar refractivity (Wildman–Crippen MR) is 182 cm³/mol. The SMILES string of the molecule is O=C(Nc1ccccc1-c1ccccc1)OC1CCN(CCNC(=O)c2cccc(C(=O)NCCNCc3ccccc3O)c2)CC1. The van der Waals surface area contributed by atoms with Crippen LogP contribution in [0.3, 0.4) is 0 Å². The van der Waals surface area contributed by atoms with Crippen molar-refractivity contribution in [2.24, 2.45) is 0 Å². The highest BCUT2D eigenvalue weighted by molar-refractivity contribution is 5.99. The molecule has 4 aromatic rings. The molecule has 0 unspecified atom stereocenters. The maximum Gasteiger partial charge on any atom is 0.411 e. The van der Waals surface area contributed by atoms with Crippen LogP contribution in [0.4, 0.5) is 10.5 Å². The van der Waals surface area contributed by atoms with Crippen LogP contribution in [0, 0.1) is 0 Å². The largest absolute Gasteiger partial charge is 0.508 e. The number of piperidine rings is 1. The van der Waals surface area contributed by atoms with Crippen LogP contribution in [0.5, 0.6) is 5.75 Å². The third kappa shape index (κ3) is 9.90. The van der Waals surface area contributed by atoms with Crippen LogP contribution in [-0.2, 0) is 11.3 Å². The highest BCUT2D eigenvalue weighted by Crippen LogP contribution is 2.28. The molecule has 244 valence electrons. The quantitative estimate of drug-likeness (QED) is 0.130. The van der Waals surface area contributed by atoms with E-state index in [1.165, 1.54) is 0 Å². The van der Waals surface area contributed by atoms with Gasteiger partial charge in [-0.15, -0.1) is 0 Å². The number of rotatable bonds is 13. The van der Waals surface area contributed by atoms with Crippen molar-refractivity contribution in [1.29, 1.82) is 0 Å². The summed E-state index contributed by atoms with van der Waals surface area (Å²) in [5, 5.41) is 21.7. The first-order chi connectivity index (χ1) is 23.0. The van der Waals surface area contributed by atoms with Gasteiger partial charge in [-0.2, -0.15) is 0 Å². The van der Waals surface area contributed by atoms with Gasteiger partial charge in [0.05, 0.1) is 5.69 Å². The van der Waals surface area contributed by atoms with Gasteiger partial charge >= 0.3 is 6.09 Å². The zero-order valence-corrected chi connectivity index (χ0v) is 26.3. The molecule has 1 saturated heterocycles. The number of carbonyl (C=O) groups is 3. The number of likely N-dealkylation sites (tertiary alicyclic amines) is 1. The van der Waals surface area contributed by atoms with Crippen molar-refractivity contribution in [3.05, 3.63) is 120 Å². The van der Waals surface area contributed by atoms with Crippen molar-refractivity contribution >= 4 is 23.6 Å². The summed E-state index contributed by atoms with van der Waals surface area (Å²) < 4.78 is 5.73. The van der Waals surface area contributed by atoms with E-state index in [0.717, 1.165) is 29.8 Å². The van der Waals surface area contributed by atoms with Crippen molar-refractivity contribution in [3.8, 4) is 16.9 Å². The van der Waals surface area contributed by atoms with Crippen LogP contribution in [0.2, 0.25) is 0 Å². The summed E-state index contributed by atoms with van der Waals surface area (Å²) in [6.45, 7) is 4.06. The topological polar surface area (TPSA) is 132 Å². The van der Waals surface area contributed by atoms with Gasteiger partial charge in [-0.05, 0) is 48.7 Å². The van der Waals surface area contributed by atoms with E-state index in [-0.39, 0.29) is 23.7 Å². The first-order valence-electron chi connectivity index (χ1n) is 15.9. The number of anilines is 1. The van der Waals surface area contributed by atoms with E-state index in [0.29, 0.717) is 62.4 Å². The molecule has 1 aliphatic rings. The minimum absolute atomic E-state index is 0.174. The van der Waals surface area contributed by atoms with Gasteiger partial charge in [-0.3, -0.25) is 14.9 Å². The fourth-order valence-corrected chi connectivity index (χ4v) is 5.48. The molecule has 47 heavy (non-hydrogen) atoms. The van der Waals surface area contributed by atoms with Crippen LogP contribution < -0.4 is 21.3 Å². The number of ether oxygens (including phenoxy) is 1. The minimum atomic E-state index is -0.462. The Morgan fingerprint density at radius 2 is 1.40 bits per heavy atom. The van der Waals surface area contributed by atoms with Gasteiger partial charge in [-0.25, -0.2) is 4.79 Å². The highest BCUT2D eigenvalue weighted by Gasteiger charge is 2.23. The Labute approximate surface area is 275 Å². The first-order valence-corrected chi connectivity index (χ1v) is 15.9. The number of nitrogens with one attached hydrogen (secondary N) is 4. The maximum absolute atomic E-state index is 12.8. The van der Waals surface area contributed by atoms with Crippen LogP contribution in [-0.4, -0.2) is 73.3 Å². The normalized spacial score (nSPS) is 13.4. The van der Waals surface area contributed by atoms with Crippen LogP contribution in [0.1, 0.15) is 39.1 Å². The summed E-state index contributed by atoms with van der Waals surface area (Å²) in [6, 6.07) is 31.3. The fraction of sp³-hybridized carbons (Fsp3) is 0.270. The highest BCUT2D eigenvalue weighted by atomic mass is 16.6. The van der Waals surface area contributed by atoms with Gasteiger partial charge in [0.2, 0.25) is 0 Å². The van der Waals surface area contributed by atoms with Gasteiger partial charge in [0.25, 0.3) is 11.8 Å². The number of para-hydroxylation sites is 2. The minimum Gasteiger partial charge on any atom is -0.508 e. The van der Waals surface area contributed by atoms with E-state index in [2.05, 4.69) is 26.2 Å². The number of carbonyl (C=O) groups excluding carboxylic acids is 3. The van der Waals surface area contributed by atoms with E-state index in [1.54, 1.807) is 36.4 Å². The first kappa shape index (κ1) is 33.2. The van der Waals surface area contributed by atoms with Gasteiger partial charge in [-0.1, -0.05) is 72.8 Å². The molecule has 0 bridgehead atoms. The second kappa shape index (κ2) is 16.9. The fourth-order valence-electron chi connectivity index (χ4n) is 5.48. The Morgan fingerprint density at radius 1 is 0.745 bits per heavy atom. The summed E-state index contributed by atoms with van der Waals surface area (Å²) in [5.41, 5.74) is 4.28. The van der Waals surface area contributed by atoms with E-state index in [4.69, 9.17) is 4.74 Å². The Hall–Kier alpha value is -5.19. The molecule has 5 rings (SSSR count). The lowest BCUT2D eigenvalue weighted by Gasteiger charge is -2.31. The predicted octanol–water partition coefficient (Wildman–Crippen LogP) is 5.02. The van der Waals surface area contributed by atoms with Crippen molar-refractivity contribution in [1.82, 2.24) is 20.9 Å². The molecule has 3 amide bonds. The van der Waals surface area contributed by atoms with Gasteiger partial charge in [0.1, 0.15) is 11.9 Å². The molecule has 10 heteroatoms. The molecule has 1 aliphatic heterocycles. The summed E-state index contributed by atoms with van der Waals surface area (Å²) in [6.07, 6.45) is 0.786. The second-order valence-electron chi connectivity index (χ2n) is 11.4. The zero-order valence-electron chi connectivity index (χ0n) is 26.3. The van der Waals surface area contributed by atoms with Gasteiger partial charge in [0, 0.05) is 68.1 Å². The van der Waals surface area contributed by atoms with Crippen molar-refractivity contribution in [2.45, 2.75) is 25.5 Å². The van der Waals surface area contributed by atoms with Gasteiger partial charge < -0.3 is 30.7 Å². The summed E-state index contributed by atoms with van der Waals surface area (Å²) in [5.74, 6) is -0.269. The Bertz CT molecular complexity index is 1640. The molecule has 0 aromatic heterocycles. The summed E-state index contributed by atoms with van der Waals surface area (Å²) in [7, 11) is 0. The van der Waals surface area contributed by atoms with E-state index in [1.807, 2.05) is 66.7 Å². The number of amides is 3. The third-order valence-electron chi connectivity index (χ3n) is 8.05. The van der Waals surface area contributed by atoms with Gasteiger partial charge in [0.15, 0.2) is 0 Å². The van der Waals surface area contributed by atoms with Crippen LogP contribution >= 0.6 is 0 Å². The molecule has 1 heterocycles. The average molecular weight is 636 g/mol. The van der Waals surface area contributed by atoms with Crippen molar-refractivity contribution in [2.75, 3.05) is 44.6 Å². The molecule has 10 nitrogen and oxygen atoms in total. The number of nitrogens with zero attached hydrogens (tertiary/aromatic N) is 1. The monoisotopic (exact) mass is 635 g/mol. The number of phenols is 1. The molecule has 0 saturated carbocycles. The van der Waals surface area contributed by atoms with Crippen molar-refractivity contribution in [3.63, 3.8) is 0 Å². The lowest BCUT2D eigenvalue weighted by atomic mass is 10.0. The van der Waals surface area contributed by atoms with E-state index < -0.39 is 6.09 Å². The molecule has 4 aromatic carbocycles. The lowest BCUT2D eigenvalue weighted by Crippen LogP contribution is -2.42. The Morgan fingerprint density at radius 3 is 2.15 bits per heavy atom. The standard InChI is InChI=1S/C37H41N5O5/c43-34-16-7-4-11-30(34)26-38-19-20-39-35(44)28-12-8-13-29(25-28)36(45)40-21-24-42-22-17-31(18-23-42)47-37(46)41-33-15-6-5-14-32(33)27-9-2-1-3-10-27/h1-16,25,31,38,43H,17-24,26H2,(H,39,44)(H,40,45)(H,41,46). The second-order valence-corrected chi connectivity index (χ2v) is 11.4. The average Bonchev–Trinajstić information content (AvgIpc) is 3.10. The van der Waals surface area contributed by atoms with Crippen molar-refractivity contribution < 1.29 is 24.2 Å². The number of hydrogen-bond donors (Lipinski definition) is 5. The number of hydrogen-bond acceptors (Lipinski definition) is 7. The zero-order chi connectivity index (χ0) is 32.8. The molecular weight excluding hydrogens is 594 g/mol. The van der Waals surface area contributed by atoms with Crippen LogP contribution in [0.15, 0.2) is 103 Å². The molecule has 0 spiro atoms. The maximum atomic E-state index is 12.8. The smallest absolute Gasteiger partial charge is 0.411 e. The summed E-state index contributed by atoms with van der Waals surface area (Å²) >= 11 is 0. The molecule has 0 radical (unpaired) electrons. The molecule has 1 fully saturated rings. The Kier molecular flexibility index (Phi) is 12.0. The van der Waals surface area contributed by atoms with Crippen LogP contribution in [0.25, 0.3) is 11.1 Å². The van der Waals surface area contributed by atoms with E-state index >= 15 is 0 Å². The molecular formula is C37H41N5O5. The number of aromatic hydroxyl groups is 1. The van der Waals surface area contributed by atoms with E-state index in [9.17, 15) is 19.5 Å². The lowest BCUT2D eigenvalue weighted by molar-refractivity contribution is 0.0587. The number of phenolic OH excluding ortho intramolecular Hbond substituents is 1. The third-order valence-corrected chi connectivity index (χ3v) is 8.05. The molecule has 0 aliphatic carbocycles. The molecule has 0 atom stereocenters. The molecule has 5 N–H and O–H groups in total. The Balaban J connectivity index is 0.981. The summed E-state index contributed by atoms with van der Waals surface area (Å²) in [4.78, 5) is 40.4.